The van der Waals surface area contributed by atoms with Crippen molar-refractivity contribution in [3.05, 3.63) is 22.8 Å². The monoisotopic (exact) mass is 248 g/mol. The van der Waals surface area contributed by atoms with Crippen LogP contribution in [0.15, 0.2) is 17.8 Å². The molecule has 2 aromatic rings. The topological polar surface area (TPSA) is 42.7 Å². The van der Waals surface area contributed by atoms with Crippen molar-refractivity contribution >= 4 is 11.3 Å². The fourth-order valence-electron chi connectivity index (χ4n) is 2.20. The zero-order valence-corrected chi connectivity index (χ0v) is 10.7. The average Bonchev–Trinajstić information content (AvgIpc) is 2.98. The summed E-state index contributed by atoms with van der Waals surface area (Å²) in [5.41, 5.74) is 2.15. The van der Waals surface area contributed by atoms with E-state index >= 15 is 0 Å². The molecule has 0 radical (unpaired) electrons. The fourth-order valence-corrected chi connectivity index (χ4v) is 3.13. The number of nitrogens with one attached hydrogen (secondary N) is 1. The number of thiazole rings is 1. The van der Waals surface area contributed by atoms with Crippen molar-refractivity contribution in [2.24, 2.45) is 7.05 Å². The highest BCUT2D eigenvalue weighted by molar-refractivity contribution is 7.10. The molecular formula is C12H16N4S. The Morgan fingerprint density at radius 1 is 1.47 bits per heavy atom. The third kappa shape index (κ3) is 2.25. The van der Waals surface area contributed by atoms with Gasteiger partial charge in [0, 0.05) is 24.2 Å². The maximum absolute atomic E-state index is 4.72. The van der Waals surface area contributed by atoms with E-state index in [-0.39, 0.29) is 0 Å². The molecule has 1 aliphatic heterocycles. The summed E-state index contributed by atoms with van der Waals surface area (Å²) in [4.78, 5) is 4.72. The van der Waals surface area contributed by atoms with Crippen LogP contribution in [0.1, 0.15) is 30.3 Å². The number of nitrogens with zero attached hydrogens (tertiary/aromatic N) is 3. The van der Waals surface area contributed by atoms with Gasteiger partial charge in [0.25, 0.3) is 0 Å². The van der Waals surface area contributed by atoms with Crippen LogP contribution in [-0.4, -0.2) is 21.3 Å². The van der Waals surface area contributed by atoms with Crippen LogP contribution >= 0.6 is 11.3 Å². The van der Waals surface area contributed by atoms with Gasteiger partial charge in [-0.05, 0) is 19.4 Å². The van der Waals surface area contributed by atoms with Crippen molar-refractivity contribution in [2.45, 2.75) is 25.3 Å². The van der Waals surface area contributed by atoms with Gasteiger partial charge in [0.2, 0.25) is 0 Å². The molecule has 0 spiro atoms. The summed E-state index contributed by atoms with van der Waals surface area (Å²) in [6.45, 7) is 1.12. The molecule has 3 rings (SSSR count). The molecule has 0 amide bonds. The lowest BCUT2D eigenvalue weighted by Crippen LogP contribution is -2.26. The lowest BCUT2D eigenvalue weighted by Gasteiger charge is -2.21. The summed E-state index contributed by atoms with van der Waals surface area (Å²) in [7, 11) is 1.93. The second kappa shape index (κ2) is 4.58. The molecule has 3 heterocycles. The van der Waals surface area contributed by atoms with Gasteiger partial charge < -0.3 is 5.32 Å². The van der Waals surface area contributed by atoms with E-state index in [4.69, 9.17) is 4.98 Å². The van der Waals surface area contributed by atoms with Crippen LogP contribution in [0.3, 0.4) is 0 Å². The quantitative estimate of drug-likeness (QED) is 0.887. The van der Waals surface area contributed by atoms with Crippen molar-refractivity contribution in [1.29, 1.82) is 0 Å². The zero-order chi connectivity index (χ0) is 11.7. The highest BCUT2D eigenvalue weighted by Gasteiger charge is 2.18. The Labute approximate surface area is 105 Å². The fraction of sp³-hybridized carbons (Fsp3) is 0.500. The molecule has 0 bridgehead atoms. The lowest BCUT2D eigenvalue weighted by molar-refractivity contribution is 0.411. The molecule has 1 N–H and O–H groups in total. The van der Waals surface area contributed by atoms with Gasteiger partial charge in [0.15, 0.2) is 0 Å². The molecule has 1 aliphatic rings. The predicted molar refractivity (Wildman–Crippen MR) is 68.9 cm³/mol. The van der Waals surface area contributed by atoms with E-state index < -0.39 is 0 Å². The molecule has 4 nitrogen and oxygen atoms in total. The average molecular weight is 248 g/mol. The van der Waals surface area contributed by atoms with Crippen LogP contribution in [0.25, 0.3) is 11.3 Å². The number of hydrogen-bond acceptors (Lipinski definition) is 4. The highest BCUT2D eigenvalue weighted by Crippen LogP contribution is 2.29. The maximum atomic E-state index is 4.72. The van der Waals surface area contributed by atoms with Gasteiger partial charge in [-0.1, -0.05) is 6.42 Å². The Bertz CT molecular complexity index is 496. The van der Waals surface area contributed by atoms with E-state index in [1.165, 1.54) is 24.3 Å². The SMILES string of the molecule is Cn1cc(-c2csc(C3CCCCN3)n2)cn1. The molecule has 2 aromatic heterocycles. The van der Waals surface area contributed by atoms with Gasteiger partial charge in [-0.2, -0.15) is 5.10 Å². The highest BCUT2D eigenvalue weighted by atomic mass is 32.1. The number of hydrogen-bond donors (Lipinski definition) is 1. The molecule has 0 saturated carbocycles. The molecule has 5 heteroatoms. The van der Waals surface area contributed by atoms with Gasteiger partial charge in [-0.25, -0.2) is 4.98 Å². The van der Waals surface area contributed by atoms with E-state index in [0.29, 0.717) is 6.04 Å². The van der Waals surface area contributed by atoms with Crippen molar-refractivity contribution in [2.75, 3.05) is 6.54 Å². The van der Waals surface area contributed by atoms with Gasteiger partial charge >= 0.3 is 0 Å². The molecule has 0 aromatic carbocycles. The van der Waals surface area contributed by atoms with E-state index in [0.717, 1.165) is 17.8 Å². The van der Waals surface area contributed by atoms with Gasteiger partial charge in [-0.3, -0.25) is 4.68 Å². The Morgan fingerprint density at radius 2 is 2.41 bits per heavy atom. The van der Waals surface area contributed by atoms with Gasteiger partial charge in [-0.15, -0.1) is 11.3 Å². The minimum absolute atomic E-state index is 0.458. The molecule has 1 atom stereocenters. The molecule has 1 unspecified atom stereocenters. The first-order valence-electron chi connectivity index (χ1n) is 6.01. The normalized spacial score (nSPS) is 20.6. The number of aryl methyl sites for hydroxylation is 1. The number of aromatic nitrogens is 3. The molecular weight excluding hydrogens is 232 g/mol. The van der Waals surface area contributed by atoms with Crippen LogP contribution < -0.4 is 5.32 Å². The first-order chi connectivity index (χ1) is 8.33. The van der Waals surface area contributed by atoms with Gasteiger partial charge in [0.05, 0.1) is 17.9 Å². The van der Waals surface area contributed by atoms with E-state index in [9.17, 15) is 0 Å². The summed E-state index contributed by atoms with van der Waals surface area (Å²) in [6, 6.07) is 0.458. The van der Waals surface area contributed by atoms with Crippen LogP contribution in [0.4, 0.5) is 0 Å². The molecule has 17 heavy (non-hydrogen) atoms. The summed E-state index contributed by atoms with van der Waals surface area (Å²) in [6.07, 6.45) is 7.68. The minimum atomic E-state index is 0.458. The van der Waals surface area contributed by atoms with E-state index in [1.54, 1.807) is 11.3 Å². The Kier molecular flexibility index (Phi) is 2.94. The zero-order valence-electron chi connectivity index (χ0n) is 9.89. The molecule has 90 valence electrons. The Hall–Kier alpha value is -1.20. The maximum Gasteiger partial charge on any atom is 0.110 e. The van der Waals surface area contributed by atoms with Crippen molar-refractivity contribution < 1.29 is 0 Å². The summed E-state index contributed by atoms with van der Waals surface area (Å²) in [5, 5.41) is 11.1. The smallest absolute Gasteiger partial charge is 0.110 e. The molecule has 1 saturated heterocycles. The van der Waals surface area contributed by atoms with Crippen molar-refractivity contribution in [3.8, 4) is 11.3 Å². The third-order valence-electron chi connectivity index (χ3n) is 3.13. The van der Waals surface area contributed by atoms with Crippen LogP contribution in [0, 0.1) is 0 Å². The Balaban J connectivity index is 1.82. The lowest BCUT2D eigenvalue weighted by atomic mass is 10.1. The number of rotatable bonds is 2. The molecule has 0 aliphatic carbocycles. The molecule has 1 fully saturated rings. The second-order valence-electron chi connectivity index (χ2n) is 4.48. The van der Waals surface area contributed by atoms with E-state index in [2.05, 4.69) is 15.8 Å². The number of piperidine rings is 1. The summed E-state index contributed by atoms with van der Waals surface area (Å²) >= 11 is 1.75. The van der Waals surface area contributed by atoms with Crippen molar-refractivity contribution in [1.82, 2.24) is 20.1 Å². The van der Waals surface area contributed by atoms with Crippen molar-refractivity contribution in [3.63, 3.8) is 0 Å². The standard InChI is InChI=1S/C12H16N4S/c1-16-7-9(6-14-16)11-8-17-12(15-11)10-4-2-3-5-13-10/h6-8,10,13H,2-5H2,1H3. The second-order valence-corrected chi connectivity index (χ2v) is 5.37. The van der Waals surface area contributed by atoms with Gasteiger partial charge in [0.1, 0.15) is 5.01 Å². The van der Waals surface area contributed by atoms with Crippen LogP contribution in [0.5, 0.6) is 0 Å². The van der Waals surface area contributed by atoms with Crippen LogP contribution in [-0.2, 0) is 7.05 Å². The van der Waals surface area contributed by atoms with E-state index in [1.807, 2.05) is 24.1 Å². The first-order valence-corrected chi connectivity index (χ1v) is 6.89. The summed E-state index contributed by atoms with van der Waals surface area (Å²) in [5.74, 6) is 0. The largest absolute Gasteiger partial charge is 0.308 e. The summed E-state index contributed by atoms with van der Waals surface area (Å²) < 4.78 is 1.81. The predicted octanol–water partition coefficient (Wildman–Crippen LogP) is 2.36. The third-order valence-corrected chi connectivity index (χ3v) is 4.09. The first kappa shape index (κ1) is 10.9. The van der Waals surface area contributed by atoms with Crippen LogP contribution in [0.2, 0.25) is 0 Å². The minimum Gasteiger partial charge on any atom is -0.308 e. The Morgan fingerprint density at radius 3 is 3.12 bits per heavy atom.